The molecule has 1 aromatic heterocycles. The van der Waals surface area contributed by atoms with E-state index >= 15 is 0 Å². The molecule has 5 nitrogen and oxygen atoms in total. The first-order valence-corrected chi connectivity index (χ1v) is 7.85. The van der Waals surface area contributed by atoms with Gasteiger partial charge in [-0.05, 0) is 37.6 Å². The topological polar surface area (TPSA) is 56.4 Å². The molecular weight excluding hydrogens is 290 g/mol. The molecular formula is C18H21N3O2. The number of aromatic nitrogens is 1. The molecule has 1 aliphatic rings. The maximum absolute atomic E-state index is 12.7. The molecule has 5 heteroatoms. The molecule has 23 heavy (non-hydrogen) atoms. The number of carbonyl (C=O) groups is 2. The largest absolute Gasteiger partial charge is 0.357 e. The van der Waals surface area contributed by atoms with Gasteiger partial charge in [-0.1, -0.05) is 17.7 Å². The van der Waals surface area contributed by atoms with Crippen LogP contribution in [0.5, 0.6) is 0 Å². The van der Waals surface area contributed by atoms with Crippen LogP contribution in [0.3, 0.4) is 0 Å². The van der Waals surface area contributed by atoms with Crippen molar-refractivity contribution in [2.45, 2.75) is 13.8 Å². The minimum atomic E-state index is -0.00571. The zero-order valence-electron chi connectivity index (χ0n) is 13.5. The molecule has 1 aliphatic heterocycles. The zero-order valence-corrected chi connectivity index (χ0v) is 13.5. The first-order chi connectivity index (χ1) is 11.1. The van der Waals surface area contributed by atoms with Gasteiger partial charge in [0, 0.05) is 37.9 Å². The highest BCUT2D eigenvalue weighted by Crippen LogP contribution is 2.15. The number of rotatable bonds is 2. The molecule has 2 amide bonds. The molecule has 1 saturated heterocycles. The fourth-order valence-electron chi connectivity index (χ4n) is 2.88. The summed E-state index contributed by atoms with van der Waals surface area (Å²) in [5, 5.41) is 0. The molecule has 0 spiro atoms. The van der Waals surface area contributed by atoms with E-state index in [0.29, 0.717) is 31.9 Å². The number of carbonyl (C=O) groups excluding carboxylic acids is 2. The zero-order chi connectivity index (χ0) is 16.4. The number of hydrogen-bond acceptors (Lipinski definition) is 2. The fourth-order valence-corrected chi connectivity index (χ4v) is 2.88. The van der Waals surface area contributed by atoms with E-state index in [1.807, 2.05) is 43.0 Å². The standard InChI is InChI=1S/C18H21N3O2/c1-13-5-6-14(2)15(12-13)17(22)20-8-10-21(11-9-20)18(23)16-4-3-7-19-16/h3-7,12,19H,8-11H2,1-2H3. The summed E-state index contributed by atoms with van der Waals surface area (Å²) >= 11 is 0. The van der Waals surface area contributed by atoms with Crippen LogP contribution in [0.1, 0.15) is 32.0 Å². The van der Waals surface area contributed by atoms with Crippen LogP contribution in [0.4, 0.5) is 0 Å². The second-order valence-electron chi connectivity index (χ2n) is 5.99. The van der Waals surface area contributed by atoms with Gasteiger partial charge < -0.3 is 14.8 Å². The summed E-state index contributed by atoms with van der Waals surface area (Å²) in [6, 6.07) is 9.52. The number of hydrogen-bond donors (Lipinski definition) is 1. The summed E-state index contributed by atoms with van der Waals surface area (Å²) in [7, 11) is 0. The first kappa shape index (κ1) is 15.3. The molecule has 2 heterocycles. The summed E-state index contributed by atoms with van der Waals surface area (Å²) in [4.78, 5) is 31.6. The van der Waals surface area contributed by atoms with E-state index in [-0.39, 0.29) is 11.8 Å². The van der Waals surface area contributed by atoms with Crippen LogP contribution in [-0.2, 0) is 0 Å². The molecule has 3 rings (SSSR count). The van der Waals surface area contributed by atoms with Crippen molar-refractivity contribution in [3.8, 4) is 0 Å². The van der Waals surface area contributed by atoms with Crippen molar-refractivity contribution in [3.05, 3.63) is 58.9 Å². The molecule has 0 atom stereocenters. The third-order valence-corrected chi connectivity index (χ3v) is 4.31. The number of piperazine rings is 1. The van der Waals surface area contributed by atoms with Gasteiger partial charge in [0.05, 0.1) is 0 Å². The van der Waals surface area contributed by atoms with Gasteiger partial charge in [-0.25, -0.2) is 0 Å². The fraction of sp³-hybridized carbons (Fsp3) is 0.333. The number of H-pyrrole nitrogens is 1. The quantitative estimate of drug-likeness (QED) is 0.924. The molecule has 120 valence electrons. The van der Waals surface area contributed by atoms with Crippen molar-refractivity contribution >= 4 is 11.8 Å². The van der Waals surface area contributed by atoms with E-state index in [4.69, 9.17) is 0 Å². The highest BCUT2D eigenvalue weighted by Gasteiger charge is 2.26. The van der Waals surface area contributed by atoms with E-state index in [2.05, 4.69) is 4.98 Å². The van der Waals surface area contributed by atoms with E-state index in [9.17, 15) is 9.59 Å². The molecule has 0 saturated carbocycles. The van der Waals surface area contributed by atoms with E-state index in [1.165, 1.54) is 0 Å². The van der Waals surface area contributed by atoms with Gasteiger partial charge in [0.25, 0.3) is 11.8 Å². The lowest BCUT2D eigenvalue weighted by Gasteiger charge is -2.34. The lowest BCUT2D eigenvalue weighted by atomic mass is 10.0. The van der Waals surface area contributed by atoms with Crippen molar-refractivity contribution in [2.75, 3.05) is 26.2 Å². The van der Waals surface area contributed by atoms with Crippen LogP contribution in [0, 0.1) is 13.8 Å². The molecule has 1 aromatic carbocycles. The van der Waals surface area contributed by atoms with Gasteiger partial charge in [0.2, 0.25) is 0 Å². The van der Waals surface area contributed by atoms with Crippen LogP contribution in [0.25, 0.3) is 0 Å². The van der Waals surface area contributed by atoms with Gasteiger partial charge in [-0.2, -0.15) is 0 Å². The van der Waals surface area contributed by atoms with Crippen LogP contribution >= 0.6 is 0 Å². The lowest BCUT2D eigenvalue weighted by Crippen LogP contribution is -2.50. The molecule has 1 N–H and O–H groups in total. The number of amides is 2. The Morgan fingerprint density at radius 2 is 1.61 bits per heavy atom. The Bertz CT molecular complexity index is 714. The second kappa shape index (κ2) is 6.28. The van der Waals surface area contributed by atoms with Crippen LogP contribution < -0.4 is 0 Å². The van der Waals surface area contributed by atoms with E-state index in [0.717, 1.165) is 16.7 Å². The van der Waals surface area contributed by atoms with E-state index in [1.54, 1.807) is 17.2 Å². The van der Waals surface area contributed by atoms with Crippen molar-refractivity contribution in [1.82, 2.24) is 14.8 Å². The third kappa shape index (κ3) is 3.13. The second-order valence-corrected chi connectivity index (χ2v) is 5.99. The Kier molecular flexibility index (Phi) is 4.19. The average molecular weight is 311 g/mol. The Labute approximate surface area is 135 Å². The number of nitrogens with one attached hydrogen (secondary N) is 1. The Morgan fingerprint density at radius 3 is 2.22 bits per heavy atom. The summed E-state index contributed by atoms with van der Waals surface area (Å²) in [6.07, 6.45) is 1.74. The highest BCUT2D eigenvalue weighted by atomic mass is 16.2. The van der Waals surface area contributed by atoms with Gasteiger partial charge in [-0.15, -0.1) is 0 Å². The first-order valence-electron chi connectivity index (χ1n) is 7.85. The highest BCUT2D eigenvalue weighted by molar-refractivity contribution is 5.96. The molecule has 1 fully saturated rings. The van der Waals surface area contributed by atoms with Crippen molar-refractivity contribution in [2.24, 2.45) is 0 Å². The normalized spacial score (nSPS) is 14.9. The maximum Gasteiger partial charge on any atom is 0.270 e. The summed E-state index contributed by atoms with van der Waals surface area (Å²) < 4.78 is 0. The number of benzene rings is 1. The van der Waals surface area contributed by atoms with Crippen molar-refractivity contribution < 1.29 is 9.59 Å². The molecule has 0 aliphatic carbocycles. The van der Waals surface area contributed by atoms with Crippen LogP contribution in [-0.4, -0.2) is 52.8 Å². The number of aryl methyl sites for hydroxylation is 2. The Hall–Kier alpha value is -2.56. The van der Waals surface area contributed by atoms with Gasteiger partial charge >= 0.3 is 0 Å². The van der Waals surface area contributed by atoms with Crippen molar-refractivity contribution in [1.29, 1.82) is 0 Å². The molecule has 0 radical (unpaired) electrons. The van der Waals surface area contributed by atoms with Gasteiger partial charge in [0.1, 0.15) is 5.69 Å². The van der Waals surface area contributed by atoms with Gasteiger partial charge in [0.15, 0.2) is 0 Å². The number of nitrogens with zero attached hydrogens (tertiary/aromatic N) is 2. The molecule has 2 aromatic rings. The predicted octanol–water partition coefficient (Wildman–Crippen LogP) is 2.23. The maximum atomic E-state index is 12.7. The van der Waals surface area contributed by atoms with Gasteiger partial charge in [-0.3, -0.25) is 9.59 Å². The minimum absolute atomic E-state index is 0.00571. The SMILES string of the molecule is Cc1ccc(C)c(C(=O)N2CCN(C(=O)c3ccc[nH]3)CC2)c1. The molecule has 0 bridgehead atoms. The number of aromatic amines is 1. The van der Waals surface area contributed by atoms with Crippen molar-refractivity contribution in [3.63, 3.8) is 0 Å². The lowest BCUT2D eigenvalue weighted by molar-refractivity contribution is 0.0532. The average Bonchev–Trinajstić information content (AvgIpc) is 3.10. The smallest absolute Gasteiger partial charge is 0.270 e. The predicted molar refractivity (Wildman–Crippen MR) is 88.5 cm³/mol. The third-order valence-electron chi connectivity index (χ3n) is 4.31. The van der Waals surface area contributed by atoms with E-state index < -0.39 is 0 Å². The Morgan fingerprint density at radius 1 is 0.957 bits per heavy atom. The minimum Gasteiger partial charge on any atom is -0.357 e. The summed E-state index contributed by atoms with van der Waals surface area (Å²) in [5.74, 6) is 0.0482. The van der Waals surface area contributed by atoms with Crippen LogP contribution in [0.2, 0.25) is 0 Å². The van der Waals surface area contributed by atoms with Crippen LogP contribution in [0.15, 0.2) is 36.5 Å². The summed E-state index contributed by atoms with van der Waals surface area (Å²) in [5.41, 5.74) is 3.43. The monoisotopic (exact) mass is 311 g/mol. The molecule has 0 unspecified atom stereocenters. The summed E-state index contributed by atoms with van der Waals surface area (Å²) in [6.45, 7) is 6.21. The Balaban J connectivity index is 1.66.